The lowest BCUT2D eigenvalue weighted by molar-refractivity contribution is 0.669. The maximum Gasteiger partial charge on any atom is 0.164 e. The van der Waals surface area contributed by atoms with E-state index >= 15 is 0 Å². The molecule has 10 rings (SSSR count). The van der Waals surface area contributed by atoms with Crippen LogP contribution < -0.4 is 0 Å². The molecule has 51 heavy (non-hydrogen) atoms. The number of hydrogen-bond donors (Lipinski definition) is 0. The predicted octanol–water partition coefficient (Wildman–Crippen LogP) is 12.5. The molecule has 0 unspecified atom stereocenters. The third-order valence-electron chi connectivity index (χ3n) is 9.93. The quantitative estimate of drug-likeness (QED) is 0.173. The van der Waals surface area contributed by atoms with Crippen molar-refractivity contribution in [3.05, 3.63) is 170 Å². The fourth-order valence-electron chi connectivity index (χ4n) is 7.36. The second-order valence-corrected chi connectivity index (χ2v) is 13.1. The minimum Gasteiger partial charge on any atom is -0.456 e. The van der Waals surface area contributed by atoms with Crippen molar-refractivity contribution in [3.8, 4) is 45.0 Å². The van der Waals surface area contributed by atoms with Crippen molar-refractivity contribution in [2.45, 2.75) is 12.8 Å². The number of hydrogen-bond acceptors (Lipinski definition) is 4. The number of benzene rings is 7. The lowest BCUT2D eigenvalue weighted by atomic mass is 9.94. The van der Waals surface area contributed by atoms with Crippen molar-refractivity contribution in [1.82, 2.24) is 15.0 Å². The van der Waals surface area contributed by atoms with Crippen LogP contribution in [-0.4, -0.2) is 15.0 Å². The van der Waals surface area contributed by atoms with E-state index in [4.69, 9.17) is 19.4 Å². The average molecular weight is 654 g/mol. The number of furan rings is 1. The van der Waals surface area contributed by atoms with Crippen LogP contribution in [0.25, 0.3) is 94.1 Å². The SMILES string of the molecule is C1=CC(c2nc(-c3ccccc3)nc(-c3cccc4oc5ccc(-c6ccc7c(ccc8ccc(-c9ccccc9)cc87)c6)cc5c34)n2)=CCC1. The molecule has 0 aliphatic heterocycles. The van der Waals surface area contributed by atoms with Crippen LogP contribution in [0.5, 0.6) is 0 Å². The highest BCUT2D eigenvalue weighted by atomic mass is 16.3. The third-order valence-corrected chi connectivity index (χ3v) is 9.93. The highest BCUT2D eigenvalue weighted by Gasteiger charge is 2.19. The van der Waals surface area contributed by atoms with Crippen molar-refractivity contribution >= 4 is 49.1 Å². The van der Waals surface area contributed by atoms with Crippen LogP contribution in [0.4, 0.5) is 0 Å². The van der Waals surface area contributed by atoms with Crippen molar-refractivity contribution in [2.75, 3.05) is 0 Å². The van der Waals surface area contributed by atoms with E-state index in [9.17, 15) is 0 Å². The van der Waals surface area contributed by atoms with Crippen LogP contribution in [0.1, 0.15) is 18.7 Å². The van der Waals surface area contributed by atoms with Gasteiger partial charge in [-0.2, -0.15) is 0 Å². The lowest BCUT2D eigenvalue weighted by Gasteiger charge is -2.11. The van der Waals surface area contributed by atoms with Gasteiger partial charge in [-0.25, -0.2) is 15.0 Å². The summed E-state index contributed by atoms with van der Waals surface area (Å²) in [5, 5.41) is 6.98. The van der Waals surface area contributed by atoms with Gasteiger partial charge in [-0.1, -0.05) is 133 Å². The van der Waals surface area contributed by atoms with Gasteiger partial charge < -0.3 is 4.42 Å². The lowest BCUT2D eigenvalue weighted by Crippen LogP contribution is -2.03. The Morgan fingerprint density at radius 2 is 1.12 bits per heavy atom. The Balaban J connectivity index is 1.11. The zero-order valence-electron chi connectivity index (χ0n) is 27.8. The summed E-state index contributed by atoms with van der Waals surface area (Å²) in [5.74, 6) is 1.96. The summed E-state index contributed by atoms with van der Waals surface area (Å²) in [6.07, 6.45) is 8.51. The van der Waals surface area contributed by atoms with Crippen LogP contribution in [0.3, 0.4) is 0 Å². The number of nitrogens with zero attached hydrogens (tertiary/aromatic N) is 3. The number of allylic oxidation sites excluding steroid dienone is 4. The zero-order chi connectivity index (χ0) is 33.7. The zero-order valence-corrected chi connectivity index (χ0v) is 27.8. The third kappa shape index (κ3) is 5.20. The van der Waals surface area contributed by atoms with Crippen LogP contribution in [0, 0.1) is 0 Å². The van der Waals surface area contributed by atoms with E-state index in [1.54, 1.807) is 0 Å². The summed E-state index contributed by atoms with van der Waals surface area (Å²) in [5.41, 5.74) is 9.25. The Labute approximate surface area is 295 Å². The molecule has 0 atom stereocenters. The molecule has 0 radical (unpaired) electrons. The van der Waals surface area contributed by atoms with Gasteiger partial charge in [0.25, 0.3) is 0 Å². The molecule has 2 heterocycles. The summed E-state index contributed by atoms with van der Waals surface area (Å²) in [6.45, 7) is 0. The van der Waals surface area contributed by atoms with Crippen molar-refractivity contribution in [2.24, 2.45) is 0 Å². The van der Waals surface area contributed by atoms with Crippen molar-refractivity contribution < 1.29 is 4.42 Å². The van der Waals surface area contributed by atoms with Gasteiger partial charge in [-0.3, -0.25) is 0 Å². The Bertz CT molecular complexity index is 2850. The minimum absolute atomic E-state index is 0.630. The van der Waals surface area contributed by atoms with E-state index in [2.05, 4.69) is 121 Å². The first-order valence-corrected chi connectivity index (χ1v) is 17.4. The maximum atomic E-state index is 6.44. The van der Waals surface area contributed by atoms with E-state index in [0.29, 0.717) is 17.5 Å². The molecule has 0 amide bonds. The summed E-state index contributed by atoms with van der Waals surface area (Å²) >= 11 is 0. The summed E-state index contributed by atoms with van der Waals surface area (Å²) < 4.78 is 6.44. The van der Waals surface area contributed by atoms with Gasteiger partial charge in [-0.15, -0.1) is 0 Å². The van der Waals surface area contributed by atoms with Gasteiger partial charge in [0.2, 0.25) is 0 Å². The first-order valence-electron chi connectivity index (χ1n) is 17.4. The smallest absolute Gasteiger partial charge is 0.164 e. The molecule has 240 valence electrons. The predicted molar refractivity (Wildman–Crippen MR) is 210 cm³/mol. The summed E-state index contributed by atoms with van der Waals surface area (Å²) in [6, 6.07) is 51.3. The normalized spacial score (nSPS) is 13.0. The van der Waals surface area contributed by atoms with Crippen LogP contribution in [-0.2, 0) is 0 Å². The molecule has 0 spiro atoms. The van der Waals surface area contributed by atoms with E-state index in [-0.39, 0.29) is 0 Å². The highest BCUT2D eigenvalue weighted by Crippen LogP contribution is 2.39. The van der Waals surface area contributed by atoms with Gasteiger partial charge in [0.1, 0.15) is 11.2 Å². The molecule has 0 saturated heterocycles. The van der Waals surface area contributed by atoms with Gasteiger partial charge in [0.05, 0.1) is 0 Å². The molecule has 1 aliphatic rings. The number of aromatic nitrogens is 3. The highest BCUT2D eigenvalue weighted by molar-refractivity contribution is 6.13. The average Bonchev–Trinajstić information content (AvgIpc) is 3.59. The Morgan fingerprint density at radius 3 is 1.96 bits per heavy atom. The Hall–Kier alpha value is -6.65. The van der Waals surface area contributed by atoms with Crippen LogP contribution in [0.15, 0.2) is 168 Å². The molecule has 7 aromatic carbocycles. The molecule has 0 saturated carbocycles. The standard InChI is InChI=1S/C47H31N3O/c1-4-11-30(12-5-1)35-21-19-31-20-22-37-27-34(23-25-38(37)40(31)28-35)36-24-26-42-41(29-36)44-39(17-10-18-43(44)51-42)47-49-45(32-13-6-2-7-14-32)48-46(50-47)33-15-8-3-9-16-33/h1-2,4-8,10-29H,3,9H2. The molecule has 1 aliphatic carbocycles. The molecular weight excluding hydrogens is 623 g/mol. The molecule has 9 aromatic rings. The van der Waals surface area contributed by atoms with Gasteiger partial charge >= 0.3 is 0 Å². The van der Waals surface area contributed by atoms with E-state index in [1.807, 2.05) is 42.5 Å². The number of fused-ring (bicyclic) bond motifs is 6. The minimum atomic E-state index is 0.630. The largest absolute Gasteiger partial charge is 0.456 e. The first-order chi connectivity index (χ1) is 25.2. The molecule has 4 heteroatoms. The molecule has 0 bridgehead atoms. The number of rotatable bonds is 5. The first kappa shape index (κ1) is 29.3. The van der Waals surface area contributed by atoms with E-state index in [0.717, 1.165) is 62.6 Å². The van der Waals surface area contributed by atoms with Gasteiger partial charge in [-0.05, 0) is 87.0 Å². The fourth-order valence-corrected chi connectivity index (χ4v) is 7.36. The van der Waals surface area contributed by atoms with E-state index < -0.39 is 0 Å². The monoisotopic (exact) mass is 653 g/mol. The van der Waals surface area contributed by atoms with Gasteiger partial charge in [0, 0.05) is 27.5 Å². The summed E-state index contributed by atoms with van der Waals surface area (Å²) in [4.78, 5) is 15.1. The Morgan fingerprint density at radius 1 is 0.431 bits per heavy atom. The molecule has 0 fully saturated rings. The molecule has 0 N–H and O–H groups in total. The van der Waals surface area contributed by atoms with Gasteiger partial charge in [0.15, 0.2) is 17.5 Å². The molecular formula is C47H31N3O. The van der Waals surface area contributed by atoms with Crippen LogP contribution in [0.2, 0.25) is 0 Å². The molecule has 4 nitrogen and oxygen atoms in total. The topological polar surface area (TPSA) is 51.8 Å². The fraction of sp³-hybridized carbons (Fsp3) is 0.0426. The van der Waals surface area contributed by atoms with Crippen LogP contribution >= 0.6 is 0 Å². The maximum absolute atomic E-state index is 6.44. The Kier molecular flexibility index (Phi) is 6.91. The molecule has 2 aromatic heterocycles. The second kappa shape index (κ2) is 12.0. The van der Waals surface area contributed by atoms with Crippen molar-refractivity contribution in [3.63, 3.8) is 0 Å². The second-order valence-electron chi connectivity index (χ2n) is 13.1. The van der Waals surface area contributed by atoms with E-state index in [1.165, 1.54) is 32.7 Å². The van der Waals surface area contributed by atoms with Crippen molar-refractivity contribution in [1.29, 1.82) is 0 Å². The summed E-state index contributed by atoms with van der Waals surface area (Å²) in [7, 11) is 0.